The van der Waals surface area contributed by atoms with Crippen molar-refractivity contribution < 1.29 is 18.7 Å². The molecule has 8 nitrogen and oxygen atoms in total. The zero-order valence-corrected chi connectivity index (χ0v) is 15.4. The number of carbonyl (C=O) groups is 1. The van der Waals surface area contributed by atoms with Crippen molar-refractivity contribution in [3.63, 3.8) is 0 Å². The number of carbonyl (C=O) groups excluding carboxylic acids is 1. The number of Topliss-reactive ketones (excluding diaryl/α,β-unsaturated/α-hetero) is 1. The van der Waals surface area contributed by atoms with Gasteiger partial charge in [-0.05, 0) is 26.0 Å². The Bertz CT molecular complexity index is 958. The Labute approximate surface area is 150 Å². The molecule has 0 aliphatic rings. The molecule has 3 rings (SSSR count). The number of hydrogen-bond donors (Lipinski definition) is 0. The summed E-state index contributed by atoms with van der Waals surface area (Å²) >= 11 is 0. The fourth-order valence-electron chi connectivity index (χ4n) is 2.70. The van der Waals surface area contributed by atoms with Crippen LogP contribution in [0.25, 0.3) is 11.5 Å². The van der Waals surface area contributed by atoms with Crippen LogP contribution < -0.4 is 9.47 Å². The number of oxazole rings is 1. The second-order valence-electron chi connectivity index (χ2n) is 5.82. The Hall–Kier alpha value is -3.16. The maximum absolute atomic E-state index is 11.3. The third-order valence-corrected chi connectivity index (χ3v) is 4.07. The molecule has 0 N–H and O–H groups in total. The fourth-order valence-corrected chi connectivity index (χ4v) is 2.70. The molecule has 0 aliphatic carbocycles. The van der Waals surface area contributed by atoms with Crippen LogP contribution in [-0.2, 0) is 6.54 Å². The van der Waals surface area contributed by atoms with Gasteiger partial charge in [0.15, 0.2) is 5.78 Å². The van der Waals surface area contributed by atoms with E-state index in [0.717, 1.165) is 16.9 Å². The molecule has 0 saturated carbocycles. The number of ketones is 1. The second-order valence-corrected chi connectivity index (χ2v) is 5.82. The fraction of sp³-hybridized carbons (Fsp3) is 0.333. The highest BCUT2D eigenvalue weighted by atomic mass is 16.5. The molecule has 0 bridgehead atoms. The molecule has 0 spiro atoms. The molecule has 136 valence electrons. The van der Waals surface area contributed by atoms with Crippen molar-refractivity contribution >= 4 is 5.78 Å². The Balaban J connectivity index is 1.95. The Morgan fingerprint density at radius 2 is 2.00 bits per heavy atom. The van der Waals surface area contributed by atoms with Crippen LogP contribution in [-0.4, -0.2) is 39.8 Å². The van der Waals surface area contributed by atoms with Gasteiger partial charge >= 0.3 is 0 Å². The van der Waals surface area contributed by atoms with Gasteiger partial charge in [-0.2, -0.15) is 0 Å². The number of nitrogens with zero attached hydrogens (tertiary/aromatic N) is 4. The number of aryl methyl sites for hydroxylation is 1. The highest BCUT2D eigenvalue weighted by molar-refractivity contribution is 5.89. The monoisotopic (exact) mass is 356 g/mol. The zero-order chi connectivity index (χ0) is 18.8. The lowest BCUT2D eigenvalue weighted by atomic mass is 10.1. The van der Waals surface area contributed by atoms with Crippen molar-refractivity contribution in [2.75, 3.05) is 14.2 Å². The minimum absolute atomic E-state index is 0.179. The molecular formula is C18H20N4O4. The molecule has 0 saturated heterocycles. The average molecular weight is 356 g/mol. The molecule has 26 heavy (non-hydrogen) atoms. The lowest BCUT2D eigenvalue weighted by Gasteiger charge is -2.12. The van der Waals surface area contributed by atoms with E-state index in [0.29, 0.717) is 29.6 Å². The van der Waals surface area contributed by atoms with Crippen LogP contribution in [0.2, 0.25) is 0 Å². The van der Waals surface area contributed by atoms with Crippen molar-refractivity contribution in [3.05, 3.63) is 41.3 Å². The van der Waals surface area contributed by atoms with Gasteiger partial charge in [0.2, 0.25) is 11.7 Å². The van der Waals surface area contributed by atoms with Crippen LogP contribution in [0.15, 0.2) is 22.9 Å². The number of benzene rings is 1. The highest BCUT2D eigenvalue weighted by Crippen LogP contribution is 2.37. The summed E-state index contributed by atoms with van der Waals surface area (Å²) in [7, 11) is 3.21. The van der Waals surface area contributed by atoms with E-state index in [1.165, 1.54) is 13.3 Å². The Morgan fingerprint density at radius 1 is 1.23 bits per heavy atom. The first-order valence-electron chi connectivity index (χ1n) is 8.03. The van der Waals surface area contributed by atoms with Gasteiger partial charge in [-0.25, -0.2) is 14.6 Å². The standard InChI is InChI=1S/C18H20N4O4/c1-10-15(24-4)7-6-13(16(10)25-5)18-20-14(12(3)26-18)8-22-9-19-17(21-22)11(2)23/h6-7,9H,8H2,1-5H3. The maximum atomic E-state index is 11.3. The summed E-state index contributed by atoms with van der Waals surface area (Å²) in [6.45, 7) is 5.53. The summed E-state index contributed by atoms with van der Waals surface area (Å²) < 4.78 is 18.3. The van der Waals surface area contributed by atoms with Crippen LogP contribution in [0, 0.1) is 13.8 Å². The number of methoxy groups -OCH3 is 2. The lowest BCUT2D eigenvalue weighted by molar-refractivity contribution is 0.100. The molecule has 0 amide bonds. The highest BCUT2D eigenvalue weighted by Gasteiger charge is 2.19. The van der Waals surface area contributed by atoms with Gasteiger partial charge in [-0.1, -0.05) is 0 Å². The largest absolute Gasteiger partial charge is 0.496 e. The molecule has 2 heterocycles. The summed E-state index contributed by atoms with van der Waals surface area (Å²) in [5.74, 6) is 2.49. The number of rotatable bonds is 6. The number of ether oxygens (including phenoxy) is 2. The van der Waals surface area contributed by atoms with E-state index >= 15 is 0 Å². The van der Waals surface area contributed by atoms with Crippen molar-refractivity contribution in [1.82, 2.24) is 19.7 Å². The quantitative estimate of drug-likeness (QED) is 0.627. The minimum atomic E-state index is -0.181. The smallest absolute Gasteiger partial charge is 0.230 e. The second kappa shape index (κ2) is 6.99. The van der Waals surface area contributed by atoms with Crippen LogP contribution in [0.1, 0.15) is 34.6 Å². The molecule has 0 atom stereocenters. The number of aromatic nitrogens is 4. The molecular weight excluding hydrogens is 336 g/mol. The maximum Gasteiger partial charge on any atom is 0.230 e. The van der Waals surface area contributed by atoms with Gasteiger partial charge in [-0.15, -0.1) is 5.10 Å². The van der Waals surface area contributed by atoms with Crippen LogP contribution >= 0.6 is 0 Å². The van der Waals surface area contributed by atoms with Crippen molar-refractivity contribution in [3.8, 4) is 23.0 Å². The molecule has 1 aromatic carbocycles. The summed E-state index contributed by atoms with van der Waals surface area (Å²) in [6.07, 6.45) is 1.50. The summed E-state index contributed by atoms with van der Waals surface area (Å²) in [6, 6.07) is 3.70. The van der Waals surface area contributed by atoms with Gasteiger partial charge in [-0.3, -0.25) is 4.79 Å². The van der Waals surface area contributed by atoms with E-state index in [-0.39, 0.29) is 11.6 Å². The van der Waals surface area contributed by atoms with Gasteiger partial charge in [0, 0.05) is 12.5 Å². The normalized spacial score (nSPS) is 10.8. The average Bonchev–Trinajstić information content (AvgIpc) is 3.22. The third-order valence-electron chi connectivity index (χ3n) is 4.07. The number of hydrogen-bond acceptors (Lipinski definition) is 7. The first-order chi connectivity index (χ1) is 12.4. The molecule has 0 radical (unpaired) electrons. The van der Waals surface area contributed by atoms with Crippen molar-refractivity contribution in [2.24, 2.45) is 0 Å². The van der Waals surface area contributed by atoms with E-state index in [1.807, 2.05) is 26.0 Å². The minimum Gasteiger partial charge on any atom is -0.496 e. The molecule has 2 aromatic heterocycles. The van der Waals surface area contributed by atoms with E-state index in [4.69, 9.17) is 13.9 Å². The Morgan fingerprint density at radius 3 is 2.62 bits per heavy atom. The van der Waals surface area contributed by atoms with Gasteiger partial charge < -0.3 is 13.9 Å². The van der Waals surface area contributed by atoms with Crippen molar-refractivity contribution in [2.45, 2.75) is 27.3 Å². The van der Waals surface area contributed by atoms with E-state index in [2.05, 4.69) is 15.1 Å². The SMILES string of the molecule is COc1ccc(-c2nc(Cn3cnc(C(C)=O)n3)c(C)o2)c(OC)c1C. The van der Waals surface area contributed by atoms with Gasteiger partial charge in [0.05, 0.1) is 26.3 Å². The molecule has 8 heteroatoms. The van der Waals surface area contributed by atoms with Crippen LogP contribution in [0.4, 0.5) is 0 Å². The predicted octanol–water partition coefficient (Wildman–Crippen LogP) is 2.82. The van der Waals surface area contributed by atoms with E-state index < -0.39 is 0 Å². The molecule has 0 aliphatic heterocycles. The first-order valence-corrected chi connectivity index (χ1v) is 8.03. The first kappa shape index (κ1) is 17.7. The third kappa shape index (κ3) is 3.17. The summed E-state index contributed by atoms with van der Waals surface area (Å²) in [4.78, 5) is 19.9. The Kier molecular flexibility index (Phi) is 4.75. The van der Waals surface area contributed by atoms with E-state index in [9.17, 15) is 4.79 Å². The van der Waals surface area contributed by atoms with Crippen LogP contribution in [0.5, 0.6) is 11.5 Å². The van der Waals surface area contributed by atoms with Crippen molar-refractivity contribution in [1.29, 1.82) is 0 Å². The van der Waals surface area contributed by atoms with E-state index in [1.54, 1.807) is 18.9 Å². The van der Waals surface area contributed by atoms with Gasteiger partial charge in [0.1, 0.15) is 29.3 Å². The summed E-state index contributed by atoms with van der Waals surface area (Å²) in [5, 5.41) is 4.13. The lowest BCUT2D eigenvalue weighted by Crippen LogP contribution is -2.04. The van der Waals surface area contributed by atoms with Gasteiger partial charge in [0.25, 0.3) is 0 Å². The topological polar surface area (TPSA) is 92.3 Å². The van der Waals surface area contributed by atoms with Crippen LogP contribution in [0.3, 0.4) is 0 Å². The molecule has 0 fully saturated rings. The molecule has 3 aromatic rings. The zero-order valence-electron chi connectivity index (χ0n) is 15.4. The predicted molar refractivity (Wildman–Crippen MR) is 93.6 cm³/mol. The molecule has 0 unspecified atom stereocenters. The summed E-state index contributed by atoms with van der Waals surface area (Å²) in [5.41, 5.74) is 2.31.